The van der Waals surface area contributed by atoms with Crippen molar-refractivity contribution >= 4 is 28.5 Å². The SMILES string of the molecule is COC(=O)/C(=N/Nc1cccc(C)c1)Sc1nnc(-c2ccc(OC)cc2)n1C. The molecule has 29 heavy (non-hydrogen) atoms. The molecule has 0 amide bonds. The highest BCUT2D eigenvalue weighted by atomic mass is 32.2. The summed E-state index contributed by atoms with van der Waals surface area (Å²) in [5.74, 6) is 0.850. The molecule has 0 fully saturated rings. The number of thioether (sulfide) groups is 1. The number of aromatic nitrogens is 3. The molecule has 0 saturated heterocycles. The second-order valence-electron chi connectivity index (χ2n) is 6.09. The molecule has 0 saturated carbocycles. The summed E-state index contributed by atoms with van der Waals surface area (Å²) in [4.78, 5) is 12.2. The number of ether oxygens (including phenoxy) is 2. The number of hydrazone groups is 1. The summed E-state index contributed by atoms with van der Waals surface area (Å²) in [5, 5.41) is 13.2. The van der Waals surface area contributed by atoms with Crippen molar-refractivity contribution in [2.75, 3.05) is 19.6 Å². The van der Waals surface area contributed by atoms with Gasteiger partial charge in [-0.1, -0.05) is 12.1 Å². The fourth-order valence-corrected chi connectivity index (χ4v) is 3.25. The minimum Gasteiger partial charge on any atom is -0.497 e. The molecule has 9 heteroatoms. The molecule has 0 radical (unpaired) electrons. The van der Waals surface area contributed by atoms with Crippen LogP contribution in [-0.4, -0.2) is 40.0 Å². The van der Waals surface area contributed by atoms with Gasteiger partial charge in [0.1, 0.15) is 5.75 Å². The number of aryl methyl sites for hydroxylation is 1. The fourth-order valence-electron chi connectivity index (χ4n) is 2.51. The molecule has 1 N–H and O–H groups in total. The van der Waals surface area contributed by atoms with Crippen LogP contribution in [0.2, 0.25) is 0 Å². The average Bonchev–Trinajstić information content (AvgIpc) is 3.10. The van der Waals surface area contributed by atoms with Crippen molar-refractivity contribution in [1.82, 2.24) is 14.8 Å². The van der Waals surface area contributed by atoms with Gasteiger partial charge in [0.25, 0.3) is 0 Å². The summed E-state index contributed by atoms with van der Waals surface area (Å²) < 4.78 is 11.8. The van der Waals surface area contributed by atoms with Gasteiger partial charge in [-0.05, 0) is 60.6 Å². The van der Waals surface area contributed by atoms with Gasteiger partial charge in [-0.25, -0.2) is 4.79 Å². The van der Waals surface area contributed by atoms with Crippen LogP contribution in [-0.2, 0) is 16.6 Å². The van der Waals surface area contributed by atoms with Gasteiger partial charge in [-0.3, -0.25) is 5.43 Å². The van der Waals surface area contributed by atoms with Gasteiger partial charge in [-0.2, -0.15) is 5.10 Å². The third kappa shape index (κ3) is 4.94. The maximum Gasteiger partial charge on any atom is 0.365 e. The van der Waals surface area contributed by atoms with E-state index in [1.807, 2.05) is 62.5 Å². The Labute approximate surface area is 172 Å². The number of hydrogen-bond donors (Lipinski definition) is 1. The van der Waals surface area contributed by atoms with E-state index in [9.17, 15) is 4.79 Å². The Morgan fingerprint density at radius 3 is 2.55 bits per heavy atom. The van der Waals surface area contributed by atoms with E-state index in [1.165, 1.54) is 7.11 Å². The molecule has 0 aliphatic heterocycles. The first-order chi connectivity index (χ1) is 14.0. The molecule has 1 aromatic heterocycles. The summed E-state index contributed by atoms with van der Waals surface area (Å²) >= 11 is 1.07. The maximum atomic E-state index is 12.2. The molecule has 0 bridgehead atoms. The molecule has 0 spiro atoms. The van der Waals surface area contributed by atoms with Crippen molar-refractivity contribution in [2.24, 2.45) is 12.1 Å². The Morgan fingerprint density at radius 1 is 1.14 bits per heavy atom. The summed E-state index contributed by atoms with van der Waals surface area (Å²) in [6, 6.07) is 15.2. The zero-order valence-electron chi connectivity index (χ0n) is 16.5. The molecule has 150 valence electrons. The topological polar surface area (TPSA) is 90.6 Å². The Balaban J connectivity index is 1.83. The van der Waals surface area contributed by atoms with Crippen molar-refractivity contribution in [3.05, 3.63) is 54.1 Å². The van der Waals surface area contributed by atoms with Gasteiger partial charge < -0.3 is 14.0 Å². The second-order valence-corrected chi connectivity index (χ2v) is 7.04. The lowest BCUT2D eigenvalue weighted by Crippen LogP contribution is -2.15. The van der Waals surface area contributed by atoms with Crippen LogP contribution in [0.4, 0.5) is 5.69 Å². The van der Waals surface area contributed by atoms with Crippen molar-refractivity contribution < 1.29 is 14.3 Å². The predicted molar refractivity (Wildman–Crippen MR) is 113 cm³/mol. The van der Waals surface area contributed by atoms with E-state index >= 15 is 0 Å². The van der Waals surface area contributed by atoms with E-state index in [2.05, 4.69) is 20.7 Å². The normalized spacial score (nSPS) is 11.2. The number of anilines is 1. The Kier molecular flexibility index (Phi) is 6.50. The van der Waals surface area contributed by atoms with Gasteiger partial charge in [-0.15, -0.1) is 10.2 Å². The third-order valence-electron chi connectivity index (χ3n) is 4.04. The van der Waals surface area contributed by atoms with E-state index < -0.39 is 5.97 Å². The summed E-state index contributed by atoms with van der Waals surface area (Å²) in [7, 11) is 4.75. The van der Waals surface area contributed by atoms with Crippen molar-refractivity contribution in [3.8, 4) is 17.1 Å². The number of esters is 1. The van der Waals surface area contributed by atoms with Gasteiger partial charge in [0.05, 0.1) is 19.9 Å². The van der Waals surface area contributed by atoms with E-state index in [0.717, 1.165) is 34.3 Å². The Hall–Kier alpha value is -3.33. The van der Waals surface area contributed by atoms with Crippen LogP contribution >= 0.6 is 11.8 Å². The van der Waals surface area contributed by atoms with Crippen LogP contribution < -0.4 is 10.2 Å². The number of rotatable bonds is 5. The third-order valence-corrected chi connectivity index (χ3v) is 5.03. The highest BCUT2D eigenvalue weighted by Gasteiger charge is 2.20. The number of hydrogen-bond acceptors (Lipinski definition) is 8. The first-order valence-electron chi connectivity index (χ1n) is 8.72. The van der Waals surface area contributed by atoms with Crippen LogP contribution in [0.25, 0.3) is 11.4 Å². The zero-order valence-corrected chi connectivity index (χ0v) is 17.4. The molecule has 0 aliphatic carbocycles. The minimum absolute atomic E-state index is 0.116. The molecule has 3 aromatic rings. The van der Waals surface area contributed by atoms with Crippen molar-refractivity contribution in [3.63, 3.8) is 0 Å². The van der Waals surface area contributed by atoms with Crippen molar-refractivity contribution in [2.45, 2.75) is 12.1 Å². The second kappa shape index (κ2) is 9.24. The number of benzene rings is 2. The molecule has 2 aromatic carbocycles. The Morgan fingerprint density at radius 2 is 1.90 bits per heavy atom. The number of carbonyl (C=O) groups excluding carboxylic acids is 1. The van der Waals surface area contributed by atoms with Gasteiger partial charge in [0.2, 0.25) is 5.04 Å². The lowest BCUT2D eigenvalue weighted by Gasteiger charge is -2.07. The van der Waals surface area contributed by atoms with Gasteiger partial charge >= 0.3 is 5.97 Å². The Bertz CT molecular complexity index is 1030. The number of carbonyl (C=O) groups is 1. The van der Waals surface area contributed by atoms with Crippen LogP contribution in [0, 0.1) is 6.92 Å². The van der Waals surface area contributed by atoms with E-state index in [4.69, 9.17) is 9.47 Å². The highest BCUT2D eigenvalue weighted by Crippen LogP contribution is 2.25. The monoisotopic (exact) mass is 411 g/mol. The number of nitrogens with zero attached hydrogens (tertiary/aromatic N) is 4. The number of methoxy groups -OCH3 is 2. The first-order valence-corrected chi connectivity index (χ1v) is 9.54. The maximum absolute atomic E-state index is 12.2. The van der Waals surface area contributed by atoms with E-state index in [0.29, 0.717) is 11.0 Å². The van der Waals surface area contributed by atoms with Gasteiger partial charge in [0.15, 0.2) is 11.0 Å². The summed E-state index contributed by atoms with van der Waals surface area (Å²) in [5.41, 5.74) is 5.61. The fraction of sp³-hybridized carbons (Fsp3) is 0.200. The first kappa shape index (κ1) is 20.4. The molecule has 1 heterocycles. The van der Waals surface area contributed by atoms with Crippen LogP contribution in [0.3, 0.4) is 0 Å². The molecule has 3 rings (SSSR count). The molecule has 8 nitrogen and oxygen atoms in total. The smallest absolute Gasteiger partial charge is 0.365 e. The summed E-state index contributed by atoms with van der Waals surface area (Å²) in [6.07, 6.45) is 0. The van der Waals surface area contributed by atoms with Crippen LogP contribution in [0.15, 0.2) is 58.8 Å². The summed E-state index contributed by atoms with van der Waals surface area (Å²) in [6.45, 7) is 1.98. The standard InChI is InChI=1S/C20H21N5O3S/c1-13-6-5-7-15(12-13)21-23-18(19(26)28-4)29-20-24-22-17(25(20)2)14-8-10-16(27-3)11-9-14/h5-12,21H,1-4H3/b23-18-. The lowest BCUT2D eigenvalue weighted by atomic mass is 10.2. The van der Waals surface area contributed by atoms with E-state index in [-0.39, 0.29) is 5.04 Å². The van der Waals surface area contributed by atoms with Crippen molar-refractivity contribution in [1.29, 1.82) is 0 Å². The van der Waals surface area contributed by atoms with Crippen LogP contribution in [0.5, 0.6) is 5.75 Å². The molecule has 0 aliphatic rings. The molecular formula is C20H21N5O3S. The highest BCUT2D eigenvalue weighted by molar-refractivity contribution is 8.15. The average molecular weight is 411 g/mol. The zero-order chi connectivity index (χ0) is 20.8. The van der Waals surface area contributed by atoms with Gasteiger partial charge in [0, 0.05) is 12.6 Å². The quantitative estimate of drug-likeness (QED) is 0.226. The molecule has 0 atom stereocenters. The molecule has 0 unspecified atom stereocenters. The largest absolute Gasteiger partial charge is 0.497 e. The lowest BCUT2D eigenvalue weighted by molar-refractivity contribution is -0.132. The van der Waals surface area contributed by atoms with Crippen LogP contribution in [0.1, 0.15) is 5.56 Å². The molecular weight excluding hydrogens is 390 g/mol. The van der Waals surface area contributed by atoms with E-state index in [1.54, 1.807) is 11.7 Å². The predicted octanol–water partition coefficient (Wildman–Crippen LogP) is 3.49. The number of nitrogens with one attached hydrogen (secondary N) is 1. The minimum atomic E-state index is -0.566.